The molecule has 0 radical (unpaired) electrons. The maximum atomic E-state index is 14.0. The summed E-state index contributed by atoms with van der Waals surface area (Å²) in [7, 11) is 0. The zero-order valence-electron chi connectivity index (χ0n) is 14.9. The van der Waals surface area contributed by atoms with Gasteiger partial charge in [-0.15, -0.1) is 0 Å². The SMILES string of the molecule is CC(NC(=O)c1nn(-c2ccccc2)c2c1CCC2)c1ccc(F)cc1F. The van der Waals surface area contributed by atoms with Crippen LogP contribution in [0.25, 0.3) is 5.69 Å². The van der Waals surface area contributed by atoms with E-state index in [-0.39, 0.29) is 11.5 Å². The molecule has 0 saturated heterocycles. The number of amides is 1. The first kappa shape index (κ1) is 17.4. The van der Waals surface area contributed by atoms with Gasteiger partial charge in [0.2, 0.25) is 0 Å². The number of fused-ring (bicyclic) bond motifs is 1. The fourth-order valence-electron chi connectivity index (χ4n) is 3.60. The van der Waals surface area contributed by atoms with E-state index >= 15 is 0 Å². The van der Waals surface area contributed by atoms with Crippen molar-refractivity contribution >= 4 is 5.91 Å². The lowest BCUT2D eigenvalue weighted by Gasteiger charge is -2.14. The van der Waals surface area contributed by atoms with Crippen LogP contribution in [0.2, 0.25) is 0 Å². The lowest BCUT2D eigenvalue weighted by Crippen LogP contribution is -2.28. The van der Waals surface area contributed by atoms with Crippen LogP contribution in [0.5, 0.6) is 0 Å². The molecular formula is C21H19F2N3O. The van der Waals surface area contributed by atoms with Crippen LogP contribution in [0.3, 0.4) is 0 Å². The first-order valence-electron chi connectivity index (χ1n) is 8.96. The Morgan fingerprint density at radius 1 is 1.15 bits per heavy atom. The minimum atomic E-state index is -0.678. The molecule has 4 rings (SSSR count). The van der Waals surface area contributed by atoms with E-state index in [9.17, 15) is 13.6 Å². The van der Waals surface area contributed by atoms with Gasteiger partial charge in [0, 0.05) is 22.9 Å². The molecular weight excluding hydrogens is 348 g/mol. The number of rotatable bonds is 4. The lowest BCUT2D eigenvalue weighted by atomic mass is 10.1. The summed E-state index contributed by atoms with van der Waals surface area (Å²) in [5.74, 6) is -1.67. The largest absolute Gasteiger partial charge is 0.344 e. The zero-order valence-corrected chi connectivity index (χ0v) is 14.9. The van der Waals surface area contributed by atoms with E-state index in [2.05, 4.69) is 10.4 Å². The summed E-state index contributed by atoms with van der Waals surface area (Å²) in [5, 5.41) is 7.33. The van der Waals surface area contributed by atoms with Crippen molar-refractivity contribution in [2.75, 3.05) is 0 Å². The second-order valence-corrected chi connectivity index (χ2v) is 6.74. The van der Waals surface area contributed by atoms with Gasteiger partial charge in [-0.1, -0.05) is 24.3 Å². The standard InChI is InChI=1S/C21H19F2N3O/c1-13(16-11-10-14(22)12-18(16)23)24-21(27)20-17-8-5-9-19(17)26(25-20)15-6-3-2-4-7-15/h2-4,6-7,10-13H,5,8-9H2,1H3,(H,24,27). The average Bonchev–Trinajstić information content (AvgIpc) is 3.24. The fraction of sp³-hybridized carbons (Fsp3) is 0.238. The van der Waals surface area contributed by atoms with E-state index in [4.69, 9.17) is 0 Å². The number of benzene rings is 2. The monoisotopic (exact) mass is 367 g/mol. The maximum Gasteiger partial charge on any atom is 0.272 e. The molecule has 1 N–H and O–H groups in total. The Balaban J connectivity index is 1.63. The Kier molecular flexibility index (Phi) is 4.48. The van der Waals surface area contributed by atoms with E-state index in [1.54, 1.807) is 6.92 Å². The van der Waals surface area contributed by atoms with Gasteiger partial charge >= 0.3 is 0 Å². The van der Waals surface area contributed by atoms with Crippen molar-refractivity contribution < 1.29 is 13.6 Å². The molecule has 138 valence electrons. The predicted octanol–water partition coefficient (Wildman–Crippen LogP) is 4.13. The van der Waals surface area contributed by atoms with Crippen LogP contribution in [0, 0.1) is 11.6 Å². The molecule has 1 unspecified atom stereocenters. The zero-order chi connectivity index (χ0) is 19.0. The third-order valence-corrected chi connectivity index (χ3v) is 4.92. The van der Waals surface area contributed by atoms with Gasteiger partial charge in [-0.2, -0.15) is 5.10 Å². The molecule has 2 aromatic carbocycles. The summed E-state index contributed by atoms with van der Waals surface area (Å²) in [4.78, 5) is 12.8. The molecule has 0 spiro atoms. The highest BCUT2D eigenvalue weighted by atomic mass is 19.1. The summed E-state index contributed by atoms with van der Waals surface area (Å²) >= 11 is 0. The molecule has 1 aromatic heterocycles. The molecule has 3 aromatic rings. The van der Waals surface area contributed by atoms with Gasteiger partial charge < -0.3 is 5.32 Å². The Hall–Kier alpha value is -3.02. The van der Waals surface area contributed by atoms with Gasteiger partial charge in [0.1, 0.15) is 11.6 Å². The Morgan fingerprint density at radius 2 is 1.93 bits per heavy atom. The number of hydrogen-bond acceptors (Lipinski definition) is 2. The molecule has 0 bridgehead atoms. The summed E-state index contributed by atoms with van der Waals surface area (Å²) < 4.78 is 28.9. The van der Waals surface area contributed by atoms with E-state index in [1.165, 1.54) is 12.1 Å². The number of nitrogens with one attached hydrogen (secondary N) is 1. The molecule has 1 heterocycles. The second kappa shape index (κ2) is 6.95. The second-order valence-electron chi connectivity index (χ2n) is 6.74. The normalized spacial score (nSPS) is 14.0. The van der Waals surface area contributed by atoms with Crippen molar-refractivity contribution in [2.24, 2.45) is 0 Å². The van der Waals surface area contributed by atoms with Gasteiger partial charge in [-0.25, -0.2) is 13.5 Å². The third-order valence-electron chi connectivity index (χ3n) is 4.92. The third kappa shape index (κ3) is 3.23. The van der Waals surface area contributed by atoms with Gasteiger partial charge in [0.15, 0.2) is 5.69 Å². The van der Waals surface area contributed by atoms with Crippen LogP contribution in [0.1, 0.15) is 46.7 Å². The van der Waals surface area contributed by atoms with Crippen LogP contribution in [-0.4, -0.2) is 15.7 Å². The van der Waals surface area contributed by atoms with E-state index in [0.717, 1.165) is 42.3 Å². The molecule has 6 heteroatoms. The first-order valence-corrected chi connectivity index (χ1v) is 8.96. The molecule has 0 fully saturated rings. The molecule has 0 saturated carbocycles. The summed E-state index contributed by atoms with van der Waals surface area (Å²) in [6, 6.07) is 12.4. The number of aromatic nitrogens is 2. The molecule has 0 aliphatic heterocycles. The lowest BCUT2D eigenvalue weighted by molar-refractivity contribution is 0.0933. The van der Waals surface area contributed by atoms with Crippen LogP contribution in [-0.2, 0) is 12.8 Å². The highest BCUT2D eigenvalue weighted by molar-refractivity contribution is 5.94. The Morgan fingerprint density at radius 3 is 2.67 bits per heavy atom. The average molecular weight is 367 g/mol. The number of carbonyl (C=O) groups excluding carboxylic acids is 1. The molecule has 4 nitrogen and oxygen atoms in total. The number of nitrogens with zero attached hydrogens (tertiary/aromatic N) is 2. The quantitative estimate of drug-likeness (QED) is 0.754. The molecule has 1 atom stereocenters. The van der Waals surface area contributed by atoms with Crippen molar-refractivity contribution in [1.82, 2.24) is 15.1 Å². The van der Waals surface area contributed by atoms with Gasteiger partial charge in [-0.3, -0.25) is 4.79 Å². The summed E-state index contributed by atoms with van der Waals surface area (Å²) in [5.41, 5.74) is 3.52. The van der Waals surface area contributed by atoms with Crippen molar-refractivity contribution in [1.29, 1.82) is 0 Å². The topological polar surface area (TPSA) is 46.9 Å². The van der Waals surface area contributed by atoms with E-state index in [0.29, 0.717) is 5.69 Å². The van der Waals surface area contributed by atoms with Crippen LogP contribution in [0.15, 0.2) is 48.5 Å². The first-order chi connectivity index (χ1) is 13.0. The van der Waals surface area contributed by atoms with E-state index < -0.39 is 17.7 Å². The van der Waals surface area contributed by atoms with Crippen LogP contribution < -0.4 is 5.32 Å². The van der Waals surface area contributed by atoms with Crippen molar-refractivity contribution in [3.05, 3.63) is 82.7 Å². The minimum Gasteiger partial charge on any atom is -0.344 e. The van der Waals surface area contributed by atoms with Crippen LogP contribution >= 0.6 is 0 Å². The maximum absolute atomic E-state index is 14.0. The summed E-state index contributed by atoms with van der Waals surface area (Å²) in [6.45, 7) is 1.67. The highest BCUT2D eigenvalue weighted by Crippen LogP contribution is 2.28. The minimum absolute atomic E-state index is 0.240. The van der Waals surface area contributed by atoms with E-state index in [1.807, 2.05) is 35.0 Å². The highest BCUT2D eigenvalue weighted by Gasteiger charge is 2.28. The number of halogens is 2. The fourth-order valence-corrected chi connectivity index (χ4v) is 3.60. The Labute approximate surface area is 155 Å². The van der Waals surface area contributed by atoms with Gasteiger partial charge in [0.25, 0.3) is 5.91 Å². The molecule has 1 aliphatic carbocycles. The van der Waals surface area contributed by atoms with Gasteiger partial charge in [-0.05, 0) is 44.4 Å². The molecule has 27 heavy (non-hydrogen) atoms. The van der Waals surface area contributed by atoms with Crippen molar-refractivity contribution in [2.45, 2.75) is 32.2 Å². The smallest absolute Gasteiger partial charge is 0.272 e. The van der Waals surface area contributed by atoms with Crippen molar-refractivity contribution in [3.63, 3.8) is 0 Å². The number of hydrogen-bond donors (Lipinski definition) is 1. The van der Waals surface area contributed by atoms with Crippen molar-refractivity contribution in [3.8, 4) is 5.69 Å². The molecule has 1 amide bonds. The number of carbonyl (C=O) groups is 1. The predicted molar refractivity (Wildman–Crippen MR) is 97.8 cm³/mol. The number of para-hydroxylation sites is 1. The summed E-state index contributed by atoms with van der Waals surface area (Å²) in [6.07, 6.45) is 2.64. The Bertz CT molecular complexity index is 998. The van der Waals surface area contributed by atoms with Crippen LogP contribution in [0.4, 0.5) is 8.78 Å². The van der Waals surface area contributed by atoms with Gasteiger partial charge in [0.05, 0.1) is 11.7 Å². The molecule has 1 aliphatic rings.